The van der Waals surface area contributed by atoms with Gasteiger partial charge in [-0.15, -0.1) is 0 Å². The molecular formula is C15H20N4O. The van der Waals surface area contributed by atoms with Crippen molar-refractivity contribution < 1.29 is 4.74 Å². The molecule has 5 heteroatoms. The number of rotatable bonds is 5. The zero-order valence-corrected chi connectivity index (χ0v) is 12.1. The minimum absolute atomic E-state index is 0.586. The molecule has 106 valence electrons. The summed E-state index contributed by atoms with van der Waals surface area (Å²) in [7, 11) is 1.61. The molecule has 5 nitrogen and oxygen atoms in total. The standard InChI is InChI=1S/C15H20N4O/c1-4-19(10-12-5-7-13(16)8-6-12)15-17-11(2)9-14(18-15)20-3/h5-9H,4,10,16H2,1-3H3. The van der Waals surface area contributed by atoms with Crippen molar-refractivity contribution in [2.45, 2.75) is 20.4 Å². The molecule has 0 aliphatic heterocycles. The zero-order chi connectivity index (χ0) is 14.5. The Hall–Kier alpha value is -2.30. The molecule has 20 heavy (non-hydrogen) atoms. The first-order valence-corrected chi connectivity index (χ1v) is 6.61. The number of hydrogen-bond donors (Lipinski definition) is 1. The van der Waals surface area contributed by atoms with Crippen molar-refractivity contribution in [2.75, 3.05) is 24.3 Å². The second-order valence-electron chi connectivity index (χ2n) is 4.61. The minimum atomic E-state index is 0.586. The SMILES string of the molecule is CCN(Cc1ccc(N)cc1)c1nc(C)cc(OC)n1. The van der Waals surface area contributed by atoms with Gasteiger partial charge in [0.25, 0.3) is 0 Å². The molecule has 2 N–H and O–H groups in total. The Morgan fingerprint density at radius 2 is 1.90 bits per heavy atom. The van der Waals surface area contributed by atoms with Crippen LogP contribution in [-0.2, 0) is 6.54 Å². The summed E-state index contributed by atoms with van der Waals surface area (Å²) in [6.07, 6.45) is 0. The largest absolute Gasteiger partial charge is 0.481 e. The summed E-state index contributed by atoms with van der Waals surface area (Å²) in [5.41, 5.74) is 8.54. The summed E-state index contributed by atoms with van der Waals surface area (Å²) in [6, 6.07) is 9.66. The van der Waals surface area contributed by atoms with E-state index in [1.54, 1.807) is 7.11 Å². The highest BCUT2D eigenvalue weighted by Crippen LogP contribution is 2.17. The Morgan fingerprint density at radius 1 is 1.20 bits per heavy atom. The predicted molar refractivity (Wildman–Crippen MR) is 80.9 cm³/mol. The van der Waals surface area contributed by atoms with Crippen LogP contribution in [0.15, 0.2) is 30.3 Å². The Labute approximate surface area is 119 Å². The minimum Gasteiger partial charge on any atom is -0.481 e. The van der Waals surface area contributed by atoms with Crippen LogP contribution in [-0.4, -0.2) is 23.6 Å². The first kappa shape index (κ1) is 14.1. The van der Waals surface area contributed by atoms with E-state index in [2.05, 4.69) is 21.8 Å². The van der Waals surface area contributed by atoms with E-state index in [1.165, 1.54) is 5.56 Å². The Balaban J connectivity index is 2.23. The van der Waals surface area contributed by atoms with Gasteiger partial charge in [0.2, 0.25) is 11.8 Å². The first-order valence-electron chi connectivity index (χ1n) is 6.61. The molecule has 1 aromatic carbocycles. The molecule has 0 unspecified atom stereocenters. The van der Waals surface area contributed by atoms with Crippen LogP contribution in [0.2, 0.25) is 0 Å². The summed E-state index contributed by atoms with van der Waals surface area (Å²) in [6.45, 7) is 5.57. The summed E-state index contributed by atoms with van der Waals surface area (Å²) >= 11 is 0. The van der Waals surface area contributed by atoms with Gasteiger partial charge < -0.3 is 15.4 Å². The van der Waals surface area contributed by atoms with Crippen molar-refractivity contribution in [3.63, 3.8) is 0 Å². The van der Waals surface area contributed by atoms with E-state index in [9.17, 15) is 0 Å². The number of nitrogen functional groups attached to an aromatic ring is 1. The Kier molecular flexibility index (Phi) is 4.40. The van der Waals surface area contributed by atoms with Crippen LogP contribution in [0.4, 0.5) is 11.6 Å². The van der Waals surface area contributed by atoms with Gasteiger partial charge in [-0.25, -0.2) is 4.98 Å². The number of nitrogens with two attached hydrogens (primary N) is 1. The first-order chi connectivity index (χ1) is 9.62. The highest BCUT2D eigenvalue weighted by molar-refractivity contribution is 5.41. The molecule has 2 rings (SSSR count). The van der Waals surface area contributed by atoms with E-state index in [0.29, 0.717) is 11.8 Å². The van der Waals surface area contributed by atoms with Crippen LogP contribution in [0, 0.1) is 6.92 Å². The quantitative estimate of drug-likeness (QED) is 0.847. The van der Waals surface area contributed by atoms with Crippen molar-refractivity contribution in [2.24, 2.45) is 0 Å². The monoisotopic (exact) mass is 272 g/mol. The number of nitrogens with zero attached hydrogens (tertiary/aromatic N) is 3. The van der Waals surface area contributed by atoms with E-state index in [-0.39, 0.29) is 0 Å². The normalized spacial score (nSPS) is 10.3. The number of methoxy groups -OCH3 is 1. The van der Waals surface area contributed by atoms with Gasteiger partial charge in [0.1, 0.15) is 0 Å². The van der Waals surface area contributed by atoms with E-state index in [4.69, 9.17) is 10.5 Å². The molecule has 1 aromatic heterocycles. The van der Waals surface area contributed by atoms with Gasteiger partial charge >= 0.3 is 0 Å². The topological polar surface area (TPSA) is 64.3 Å². The molecule has 0 atom stereocenters. The lowest BCUT2D eigenvalue weighted by Gasteiger charge is -2.21. The van der Waals surface area contributed by atoms with Crippen molar-refractivity contribution >= 4 is 11.6 Å². The van der Waals surface area contributed by atoms with Gasteiger partial charge in [-0.2, -0.15) is 4.98 Å². The maximum Gasteiger partial charge on any atom is 0.229 e. The summed E-state index contributed by atoms with van der Waals surface area (Å²) < 4.78 is 5.20. The van der Waals surface area contributed by atoms with E-state index >= 15 is 0 Å². The molecule has 2 aromatic rings. The molecule has 0 bridgehead atoms. The molecular weight excluding hydrogens is 252 g/mol. The second-order valence-corrected chi connectivity index (χ2v) is 4.61. The van der Waals surface area contributed by atoms with Gasteiger partial charge in [0.05, 0.1) is 7.11 Å². The fraction of sp³-hybridized carbons (Fsp3) is 0.333. The number of ether oxygens (including phenoxy) is 1. The number of hydrogen-bond acceptors (Lipinski definition) is 5. The maximum atomic E-state index is 5.70. The summed E-state index contributed by atoms with van der Waals surface area (Å²) in [5, 5.41) is 0. The van der Waals surface area contributed by atoms with Crippen molar-refractivity contribution in [1.29, 1.82) is 0 Å². The summed E-state index contributed by atoms with van der Waals surface area (Å²) in [5.74, 6) is 1.27. The smallest absolute Gasteiger partial charge is 0.229 e. The van der Waals surface area contributed by atoms with Crippen molar-refractivity contribution in [3.8, 4) is 5.88 Å². The predicted octanol–water partition coefficient (Wildman–Crippen LogP) is 2.40. The molecule has 0 spiro atoms. The van der Waals surface area contributed by atoms with Crippen LogP contribution < -0.4 is 15.4 Å². The number of benzene rings is 1. The zero-order valence-electron chi connectivity index (χ0n) is 12.1. The van der Waals surface area contributed by atoms with Gasteiger partial charge in [-0.3, -0.25) is 0 Å². The van der Waals surface area contributed by atoms with Gasteiger partial charge in [0, 0.05) is 30.5 Å². The van der Waals surface area contributed by atoms with E-state index in [0.717, 1.165) is 24.5 Å². The van der Waals surface area contributed by atoms with E-state index < -0.39 is 0 Å². The third-order valence-electron chi connectivity index (χ3n) is 3.05. The number of aromatic nitrogens is 2. The molecule has 0 radical (unpaired) electrons. The van der Waals surface area contributed by atoms with Crippen LogP contribution in [0.3, 0.4) is 0 Å². The van der Waals surface area contributed by atoms with E-state index in [1.807, 2.05) is 37.3 Å². The Bertz CT molecular complexity index is 569. The number of anilines is 2. The molecule has 0 saturated carbocycles. The van der Waals surface area contributed by atoms with Gasteiger partial charge in [0.15, 0.2) is 0 Å². The Morgan fingerprint density at radius 3 is 2.50 bits per heavy atom. The molecule has 0 aliphatic rings. The van der Waals surface area contributed by atoms with Crippen molar-refractivity contribution in [1.82, 2.24) is 9.97 Å². The number of aryl methyl sites for hydroxylation is 1. The lowest BCUT2D eigenvalue weighted by molar-refractivity contribution is 0.396. The van der Waals surface area contributed by atoms with Crippen LogP contribution >= 0.6 is 0 Å². The fourth-order valence-electron chi connectivity index (χ4n) is 1.94. The molecule has 0 aliphatic carbocycles. The molecule has 1 heterocycles. The maximum absolute atomic E-state index is 5.70. The van der Waals surface area contributed by atoms with Crippen LogP contribution in [0.25, 0.3) is 0 Å². The average molecular weight is 272 g/mol. The fourth-order valence-corrected chi connectivity index (χ4v) is 1.94. The third-order valence-corrected chi connectivity index (χ3v) is 3.05. The highest BCUT2D eigenvalue weighted by Gasteiger charge is 2.10. The lowest BCUT2D eigenvalue weighted by atomic mass is 10.2. The van der Waals surface area contributed by atoms with Crippen LogP contribution in [0.1, 0.15) is 18.2 Å². The molecule has 0 saturated heterocycles. The highest BCUT2D eigenvalue weighted by atomic mass is 16.5. The molecule has 0 fully saturated rings. The third kappa shape index (κ3) is 3.38. The molecule has 0 amide bonds. The van der Waals surface area contributed by atoms with Crippen molar-refractivity contribution in [3.05, 3.63) is 41.6 Å². The summed E-state index contributed by atoms with van der Waals surface area (Å²) in [4.78, 5) is 11.0. The van der Waals surface area contributed by atoms with Gasteiger partial charge in [-0.1, -0.05) is 12.1 Å². The van der Waals surface area contributed by atoms with Crippen LogP contribution in [0.5, 0.6) is 5.88 Å². The lowest BCUT2D eigenvalue weighted by Crippen LogP contribution is -2.24. The van der Waals surface area contributed by atoms with Gasteiger partial charge in [-0.05, 0) is 31.5 Å². The second kappa shape index (κ2) is 6.23. The average Bonchev–Trinajstić information content (AvgIpc) is 2.46.